The summed E-state index contributed by atoms with van der Waals surface area (Å²) in [5.41, 5.74) is 0.760. The van der Waals surface area contributed by atoms with Crippen molar-refractivity contribution in [3.05, 3.63) is 65.2 Å². The Labute approximate surface area is 142 Å². The maximum absolute atomic E-state index is 13.0. The minimum absolute atomic E-state index is 0.151. The molecule has 0 saturated heterocycles. The van der Waals surface area contributed by atoms with Crippen LogP contribution < -0.4 is 0 Å². The molecule has 2 aromatic carbocycles. The van der Waals surface area contributed by atoms with Gasteiger partial charge in [0, 0.05) is 0 Å². The van der Waals surface area contributed by atoms with Crippen molar-refractivity contribution in [1.29, 1.82) is 5.26 Å². The van der Waals surface area contributed by atoms with Crippen LogP contribution in [0.5, 0.6) is 0 Å². The van der Waals surface area contributed by atoms with Crippen molar-refractivity contribution in [3.8, 4) is 6.07 Å². The number of nitriles is 1. The Bertz CT molecular complexity index is 1060. The van der Waals surface area contributed by atoms with Crippen LogP contribution in [0, 0.1) is 17.1 Å². The van der Waals surface area contributed by atoms with Gasteiger partial charge in [0.15, 0.2) is 10.4 Å². The highest BCUT2D eigenvalue weighted by molar-refractivity contribution is 7.92. The van der Waals surface area contributed by atoms with E-state index in [1.165, 1.54) is 0 Å². The Morgan fingerprint density at radius 3 is 2.21 bits per heavy atom. The van der Waals surface area contributed by atoms with Crippen molar-refractivity contribution in [2.45, 2.75) is 10.1 Å². The van der Waals surface area contributed by atoms with Gasteiger partial charge in [-0.3, -0.25) is 0 Å². The van der Waals surface area contributed by atoms with E-state index in [0.717, 1.165) is 24.3 Å². The van der Waals surface area contributed by atoms with Gasteiger partial charge in [0.1, 0.15) is 11.5 Å². The summed E-state index contributed by atoms with van der Waals surface area (Å²) in [5.74, 6) is -0.578. The lowest BCUT2D eigenvalue weighted by molar-refractivity contribution is 0.589. The number of rotatable bonds is 3. The third kappa shape index (κ3) is 2.82. The molecule has 0 spiro atoms. The van der Waals surface area contributed by atoms with E-state index in [0.29, 0.717) is 11.0 Å². The highest BCUT2D eigenvalue weighted by atomic mass is 35.5. The third-order valence-corrected chi connectivity index (χ3v) is 5.53. The maximum atomic E-state index is 13.0. The van der Waals surface area contributed by atoms with E-state index >= 15 is 0 Å². The van der Waals surface area contributed by atoms with Crippen molar-refractivity contribution < 1.29 is 12.8 Å². The molecule has 0 amide bonds. The average Bonchev–Trinajstić information content (AvgIpc) is 2.56. The van der Waals surface area contributed by atoms with Crippen LogP contribution in [0.15, 0.2) is 53.4 Å². The molecule has 3 aromatic rings. The number of hydrogen-bond donors (Lipinski definition) is 0. The monoisotopic (exact) mass is 361 g/mol. The number of aromatic nitrogens is 2. The van der Waals surface area contributed by atoms with Crippen LogP contribution in [-0.4, -0.2) is 18.4 Å². The first-order valence-electron chi connectivity index (χ1n) is 6.75. The maximum Gasteiger partial charge on any atom is 0.200 e. The minimum Gasteiger partial charge on any atom is -0.245 e. The van der Waals surface area contributed by atoms with Gasteiger partial charge in [0.25, 0.3) is 0 Å². The van der Waals surface area contributed by atoms with Gasteiger partial charge >= 0.3 is 0 Å². The molecule has 0 bridgehead atoms. The second kappa shape index (κ2) is 6.15. The van der Waals surface area contributed by atoms with Crippen LogP contribution in [0.2, 0.25) is 5.15 Å². The number of nitrogens with zero attached hydrogens (tertiary/aromatic N) is 3. The fraction of sp³-hybridized carbons (Fsp3) is 0.0625. The van der Waals surface area contributed by atoms with Gasteiger partial charge in [-0.2, -0.15) is 5.26 Å². The molecule has 5 nitrogen and oxygen atoms in total. The standard InChI is InChI=1S/C16H9ClFN3O2S/c17-16-15(20-12-3-1-2-4-13(12)21-16)14(9-19)24(22,23)11-7-5-10(18)6-8-11/h1-8,14H/t14-/m0/s1. The molecule has 0 saturated carbocycles. The average molecular weight is 362 g/mol. The smallest absolute Gasteiger partial charge is 0.200 e. The first-order chi connectivity index (χ1) is 11.4. The Kier molecular flexibility index (Phi) is 4.18. The van der Waals surface area contributed by atoms with Crippen molar-refractivity contribution in [3.63, 3.8) is 0 Å². The Morgan fingerprint density at radius 2 is 1.62 bits per heavy atom. The molecule has 1 aromatic heterocycles. The SMILES string of the molecule is N#C[C@@H](c1nc2ccccc2nc1Cl)S(=O)(=O)c1ccc(F)cc1. The van der Waals surface area contributed by atoms with E-state index in [9.17, 15) is 18.1 Å². The van der Waals surface area contributed by atoms with E-state index in [1.807, 2.05) is 0 Å². The summed E-state index contributed by atoms with van der Waals surface area (Å²) in [6.45, 7) is 0. The van der Waals surface area contributed by atoms with E-state index in [1.54, 1.807) is 30.3 Å². The van der Waals surface area contributed by atoms with Crippen molar-refractivity contribution in [2.24, 2.45) is 0 Å². The summed E-state index contributed by atoms with van der Waals surface area (Å²) < 4.78 is 38.4. The first kappa shape index (κ1) is 16.3. The van der Waals surface area contributed by atoms with Crippen LogP contribution in [-0.2, 0) is 9.84 Å². The zero-order valence-corrected chi connectivity index (χ0v) is 13.6. The zero-order chi connectivity index (χ0) is 17.3. The molecule has 0 aliphatic heterocycles. The van der Waals surface area contributed by atoms with Gasteiger partial charge in [-0.15, -0.1) is 0 Å². The fourth-order valence-electron chi connectivity index (χ4n) is 2.20. The number of benzene rings is 2. The summed E-state index contributed by atoms with van der Waals surface area (Å²) in [4.78, 5) is 8.09. The molecule has 120 valence electrons. The first-order valence-corrected chi connectivity index (χ1v) is 8.67. The van der Waals surface area contributed by atoms with Crippen molar-refractivity contribution in [1.82, 2.24) is 9.97 Å². The van der Waals surface area contributed by atoms with E-state index < -0.39 is 20.9 Å². The van der Waals surface area contributed by atoms with Gasteiger partial charge in [-0.1, -0.05) is 23.7 Å². The molecule has 1 heterocycles. The Hall–Kier alpha value is -2.56. The molecular weight excluding hydrogens is 353 g/mol. The van der Waals surface area contributed by atoms with Gasteiger partial charge in [-0.25, -0.2) is 22.8 Å². The van der Waals surface area contributed by atoms with E-state index in [2.05, 4.69) is 9.97 Å². The van der Waals surface area contributed by atoms with E-state index in [4.69, 9.17) is 11.6 Å². The molecule has 0 fully saturated rings. The second-order valence-corrected chi connectivity index (χ2v) is 7.29. The molecule has 0 aliphatic rings. The van der Waals surface area contributed by atoms with Gasteiger partial charge in [0.2, 0.25) is 9.84 Å². The second-order valence-electron chi connectivity index (χ2n) is 4.90. The molecular formula is C16H9ClFN3O2S. The molecule has 24 heavy (non-hydrogen) atoms. The fourth-order valence-corrected chi connectivity index (χ4v) is 3.89. The number of halogens is 2. The highest BCUT2D eigenvalue weighted by Crippen LogP contribution is 2.32. The molecule has 8 heteroatoms. The number of hydrogen-bond acceptors (Lipinski definition) is 5. The Balaban J connectivity index is 2.17. The predicted octanol–water partition coefficient (Wildman–Crippen LogP) is 3.46. The largest absolute Gasteiger partial charge is 0.245 e. The zero-order valence-electron chi connectivity index (χ0n) is 12.0. The third-order valence-electron chi connectivity index (χ3n) is 3.37. The predicted molar refractivity (Wildman–Crippen MR) is 86.5 cm³/mol. The molecule has 3 rings (SSSR count). The normalized spacial score (nSPS) is 12.7. The number of fused-ring (bicyclic) bond motifs is 1. The lowest BCUT2D eigenvalue weighted by atomic mass is 10.2. The van der Waals surface area contributed by atoms with E-state index in [-0.39, 0.29) is 15.7 Å². The summed E-state index contributed by atoms with van der Waals surface area (Å²) >= 11 is 6.05. The summed E-state index contributed by atoms with van der Waals surface area (Å²) in [6, 6.07) is 12.7. The molecule has 0 unspecified atom stereocenters. The molecule has 0 N–H and O–H groups in total. The van der Waals surface area contributed by atoms with Crippen molar-refractivity contribution >= 4 is 32.5 Å². The number of sulfone groups is 1. The topological polar surface area (TPSA) is 83.7 Å². The van der Waals surface area contributed by atoms with Crippen LogP contribution in [0.1, 0.15) is 10.9 Å². The Morgan fingerprint density at radius 1 is 1.04 bits per heavy atom. The summed E-state index contributed by atoms with van der Waals surface area (Å²) in [5, 5.41) is 7.59. The molecule has 1 atom stereocenters. The quantitative estimate of drug-likeness (QED) is 0.667. The molecule has 0 aliphatic carbocycles. The lowest BCUT2D eigenvalue weighted by Crippen LogP contribution is -2.15. The van der Waals surface area contributed by atoms with Crippen molar-refractivity contribution in [2.75, 3.05) is 0 Å². The van der Waals surface area contributed by atoms with Crippen LogP contribution in [0.3, 0.4) is 0 Å². The lowest BCUT2D eigenvalue weighted by Gasteiger charge is -2.12. The van der Waals surface area contributed by atoms with Gasteiger partial charge in [-0.05, 0) is 36.4 Å². The van der Waals surface area contributed by atoms with Gasteiger partial charge < -0.3 is 0 Å². The molecule has 0 radical (unpaired) electrons. The van der Waals surface area contributed by atoms with Crippen LogP contribution in [0.25, 0.3) is 11.0 Å². The van der Waals surface area contributed by atoms with Crippen LogP contribution >= 0.6 is 11.6 Å². The summed E-state index contributed by atoms with van der Waals surface area (Å²) in [6.07, 6.45) is 0. The minimum atomic E-state index is -4.13. The highest BCUT2D eigenvalue weighted by Gasteiger charge is 2.33. The van der Waals surface area contributed by atoms with Gasteiger partial charge in [0.05, 0.1) is 22.0 Å². The number of para-hydroxylation sites is 2. The van der Waals surface area contributed by atoms with Crippen LogP contribution in [0.4, 0.5) is 4.39 Å². The summed E-state index contributed by atoms with van der Waals surface area (Å²) in [7, 11) is -4.13.